The molecule has 1 aliphatic carbocycles. The molecular formula is C21H24N2O3S. The number of carbonyl (C=O) groups is 2. The lowest BCUT2D eigenvalue weighted by Gasteiger charge is -2.32. The summed E-state index contributed by atoms with van der Waals surface area (Å²) in [5.74, 6) is 1.43. The van der Waals surface area contributed by atoms with Crippen molar-refractivity contribution in [2.24, 2.45) is 5.92 Å². The fourth-order valence-corrected chi connectivity index (χ4v) is 4.93. The van der Waals surface area contributed by atoms with Crippen molar-refractivity contribution in [2.45, 2.75) is 37.8 Å². The first-order valence-corrected chi connectivity index (χ1v) is 10.3. The molecule has 1 aromatic carbocycles. The van der Waals surface area contributed by atoms with Crippen molar-refractivity contribution >= 4 is 23.2 Å². The molecule has 3 atom stereocenters. The minimum absolute atomic E-state index is 0.0125. The van der Waals surface area contributed by atoms with Gasteiger partial charge in [0, 0.05) is 25.0 Å². The highest BCUT2D eigenvalue weighted by molar-refractivity contribution is 7.12. The molecule has 2 fully saturated rings. The van der Waals surface area contributed by atoms with Crippen molar-refractivity contribution in [1.29, 1.82) is 0 Å². The topological polar surface area (TPSA) is 58.6 Å². The molecule has 142 valence electrons. The number of hydrogen-bond donors (Lipinski definition) is 1. The fraction of sp³-hybridized carbons (Fsp3) is 0.429. The van der Waals surface area contributed by atoms with E-state index in [0.29, 0.717) is 12.3 Å². The van der Waals surface area contributed by atoms with Gasteiger partial charge in [-0.05, 0) is 54.3 Å². The van der Waals surface area contributed by atoms with Gasteiger partial charge in [0.15, 0.2) is 0 Å². The molecule has 1 aromatic heterocycles. The highest BCUT2D eigenvalue weighted by atomic mass is 32.1. The number of piperidine rings is 1. The van der Waals surface area contributed by atoms with Crippen LogP contribution in [0.4, 0.5) is 0 Å². The minimum Gasteiger partial charge on any atom is -0.497 e. The van der Waals surface area contributed by atoms with Crippen LogP contribution in [0.3, 0.4) is 0 Å². The van der Waals surface area contributed by atoms with Crippen molar-refractivity contribution in [2.75, 3.05) is 13.7 Å². The molecule has 1 saturated heterocycles. The van der Waals surface area contributed by atoms with Crippen LogP contribution in [-0.4, -0.2) is 42.5 Å². The van der Waals surface area contributed by atoms with Crippen LogP contribution in [0.5, 0.6) is 5.75 Å². The van der Waals surface area contributed by atoms with Crippen LogP contribution in [0.2, 0.25) is 0 Å². The zero-order valence-corrected chi connectivity index (χ0v) is 16.2. The first kappa shape index (κ1) is 18.0. The molecule has 6 heteroatoms. The van der Waals surface area contributed by atoms with Crippen molar-refractivity contribution in [3.05, 3.63) is 52.2 Å². The number of fused-ring (bicyclic) bond motifs is 2. The predicted molar refractivity (Wildman–Crippen MR) is 105 cm³/mol. The van der Waals surface area contributed by atoms with E-state index in [1.54, 1.807) is 7.11 Å². The van der Waals surface area contributed by atoms with E-state index in [0.717, 1.165) is 42.0 Å². The highest BCUT2D eigenvalue weighted by Gasteiger charge is 2.46. The number of methoxy groups -OCH3 is 1. The smallest absolute Gasteiger partial charge is 0.261 e. The van der Waals surface area contributed by atoms with Gasteiger partial charge in [0.05, 0.1) is 12.0 Å². The zero-order valence-electron chi connectivity index (χ0n) is 15.4. The van der Waals surface area contributed by atoms with Crippen LogP contribution in [0.15, 0.2) is 41.8 Å². The lowest BCUT2D eigenvalue weighted by atomic mass is 10.0. The van der Waals surface area contributed by atoms with E-state index in [-0.39, 0.29) is 23.9 Å². The molecule has 2 aromatic rings. The molecule has 1 N–H and O–H groups in total. The van der Waals surface area contributed by atoms with Crippen LogP contribution in [0, 0.1) is 5.92 Å². The number of rotatable bonds is 6. The van der Waals surface area contributed by atoms with Crippen LogP contribution < -0.4 is 10.1 Å². The SMILES string of the molecule is COc1cccc(CCC(=O)N2CC3CC2CC3NC(=O)c2cccs2)c1. The van der Waals surface area contributed by atoms with Gasteiger partial charge < -0.3 is 15.0 Å². The summed E-state index contributed by atoms with van der Waals surface area (Å²) in [6.45, 7) is 0.761. The molecule has 1 aliphatic heterocycles. The largest absolute Gasteiger partial charge is 0.497 e. The van der Waals surface area contributed by atoms with Crippen molar-refractivity contribution in [3.8, 4) is 5.75 Å². The Morgan fingerprint density at radius 1 is 1.26 bits per heavy atom. The van der Waals surface area contributed by atoms with Crippen molar-refractivity contribution < 1.29 is 14.3 Å². The number of thiophene rings is 1. The summed E-state index contributed by atoms with van der Waals surface area (Å²) >= 11 is 1.46. The molecule has 2 heterocycles. The number of nitrogens with one attached hydrogen (secondary N) is 1. The quantitative estimate of drug-likeness (QED) is 0.833. The number of hydrogen-bond acceptors (Lipinski definition) is 4. The van der Waals surface area contributed by atoms with E-state index < -0.39 is 0 Å². The van der Waals surface area contributed by atoms with Gasteiger partial charge in [-0.25, -0.2) is 0 Å². The number of carbonyl (C=O) groups excluding carboxylic acids is 2. The Labute approximate surface area is 163 Å². The average Bonchev–Trinajstić information content (AvgIpc) is 3.43. The van der Waals surface area contributed by atoms with E-state index in [4.69, 9.17) is 4.74 Å². The van der Waals surface area contributed by atoms with E-state index in [1.807, 2.05) is 46.7 Å². The Balaban J connectivity index is 1.28. The summed E-state index contributed by atoms with van der Waals surface area (Å²) in [5.41, 5.74) is 1.12. The molecule has 5 nitrogen and oxygen atoms in total. The molecule has 0 radical (unpaired) electrons. The Morgan fingerprint density at radius 2 is 2.15 bits per heavy atom. The number of nitrogens with zero attached hydrogens (tertiary/aromatic N) is 1. The first-order chi connectivity index (χ1) is 13.1. The van der Waals surface area contributed by atoms with Gasteiger partial charge in [-0.15, -0.1) is 11.3 Å². The maximum absolute atomic E-state index is 12.7. The first-order valence-electron chi connectivity index (χ1n) is 9.41. The van der Waals surface area contributed by atoms with Gasteiger partial charge in [0.25, 0.3) is 5.91 Å². The van der Waals surface area contributed by atoms with Gasteiger partial charge in [0.2, 0.25) is 5.91 Å². The third-order valence-corrected chi connectivity index (χ3v) is 6.55. The number of likely N-dealkylation sites (tertiary alicyclic amines) is 1. The highest BCUT2D eigenvalue weighted by Crippen LogP contribution is 2.38. The summed E-state index contributed by atoms with van der Waals surface area (Å²) in [4.78, 5) is 27.7. The summed E-state index contributed by atoms with van der Waals surface area (Å²) in [5, 5.41) is 5.08. The summed E-state index contributed by atoms with van der Waals surface area (Å²) in [7, 11) is 1.65. The monoisotopic (exact) mass is 384 g/mol. The van der Waals surface area contributed by atoms with Crippen LogP contribution in [-0.2, 0) is 11.2 Å². The van der Waals surface area contributed by atoms with E-state index >= 15 is 0 Å². The van der Waals surface area contributed by atoms with Crippen molar-refractivity contribution in [1.82, 2.24) is 10.2 Å². The van der Waals surface area contributed by atoms with Gasteiger partial charge in [-0.3, -0.25) is 9.59 Å². The maximum atomic E-state index is 12.7. The molecule has 0 spiro atoms. The number of ether oxygens (including phenoxy) is 1. The van der Waals surface area contributed by atoms with Gasteiger partial charge in [0.1, 0.15) is 5.75 Å². The van der Waals surface area contributed by atoms with Crippen molar-refractivity contribution in [3.63, 3.8) is 0 Å². The molecule has 3 unspecified atom stereocenters. The minimum atomic E-state index is 0.0125. The predicted octanol–water partition coefficient (Wildman–Crippen LogP) is 3.11. The second-order valence-corrected chi connectivity index (χ2v) is 8.29. The molecule has 2 amide bonds. The third kappa shape index (κ3) is 3.86. The summed E-state index contributed by atoms with van der Waals surface area (Å²) in [6, 6.07) is 12.1. The molecule has 2 aliphatic rings. The third-order valence-electron chi connectivity index (χ3n) is 5.69. The lowest BCUT2D eigenvalue weighted by Crippen LogP contribution is -2.47. The molecule has 1 saturated carbocycles. The number of benzene rings is 1. The van der Waals surface area contributed by atoms with Gasteiger partial charge in [-0.2, -0.15) is 0 Å². The maximum Gasteiger partial charge on any atom is 0.261 e. The fourth-order valence-electron chi connectivity index (χ4n) is 4.31. The Hall–Kier alpha value is -2.34. The Bertz CT molecular complexity index is 821. The molecule has 4 rings (SSSR count). The Kier molecular flexibility index (Phi) is 5.16. The summed E-state index contributed by atoms with van der Waals surface area (Å²) in [6.07, 6.45) is 3.11. The lowest BCUT2D eigenvalue weighted by molar-refractivity contribution is -0.132. The number of aryl methyl sites for hydroxylation is 1. The standard InChI is InChI=1S/C21H24N2O3S/c1-26-17-5-2-4-14(10-17)7-8-20(24)23-13-15-11-16(23)12-18(15)22-21(25)19-6-3-9-27-19/h2-6,9-10,15-16,18H,7-8,11-13H2,1H3,(H,22,25). The molecule has 27 heavy (non-hydrogen) atoms. The normalized spacial score (nSPS) is 23.4. The van der Waals surface area contributed by atoms with Crippen LogP contribution in [0.25, 0.3) is 0 Å². The van der Waals surface area contributed by atoms with E-state index in [1.165, 1.54) is 11.3 Å². The van der Waals surface area contributed by atoms with Crippen LogP contribution in [0.1, 0.15) is 34.5 Å². The zero-order chi connectivity index (χ0) is 18.8. The van der Waals surface area contributed by atoms with E-state index in [2.05, 4.69) is 5.32 Å². The number of amides is 2. The van der Waals surface area contributed by atoms with Gasteiger partial charge >= 0.3 is 0 Å². The average molecular weight is 385 g/mol. The van der Waals surface area contributed by atoms with E-state index in [9.17, 15) is 9.59 Å². The second kappa shape index (κ2) is 7.72. The molecular weight excluding hydrogens is 360 g/mol. The van der Waals surface area contributed by atoms with Gasteiger partial charge in [-0.1, -0.05) is 18.2 Å². The summed E-state index contributed by atoms with van der Waals surface area (Å²) < 4.78 is 5.24. The van der Waals surface area contributed by atoms with Crippen LogP contribution >= 0.6 is 11.3 Å². The second-order valence-electron chi connectivity index (χ2n) is 7.34. The Morgan fingerprint density at radius 3 is 2.85 bits per heavy atom. The molecule has 2 bridgehead atoms.